The Kier molecular flexibility index (Phi) is 5.57. The average Bonchev–Trinajstić information content (AvgIpc) is 2.30. The van der Waals surface area contributed by atoms with Gasteiger partial charge in [0.2, 0.25) is 5.91 Å². The van der Waals surface area contributed by atoms with Crippen molar-refractivity contribution < 1.29 is 9.90 Å². The van der Waals surface area contributed by atoms with E-state index in [-0.39, 0.29) is 5.91 Å². The summed E-state index contributed by atoms with van der Waals surface area (Å²) >= 11 is 0. The number of amides is 1. The Morgan fingerprint density at radius 1 is 1.38 bits per heavy atom. The zero-order chi connectivity index (χ0) is 11.8. The van der Waals surface area contributed by atoms with Crippen LogP contribution in [0, 0.1) is 0 Å². The van der Waals surface area contributed by atoms with Crippen LogP contribution in [0.1, 0.15) is 25.3 Å². The molecule has 1 unspecified atom stereocenters. The number of aliphatic hydroxyl groups is 1. The summed E-state index contributed by atoms with van der Waals surface area (Å²) in [6, 6.07) is 10.1. The molecule has 1 amide bonds. The maximum absolute atomic E-state index is 11.2. The normalized spacial score (nSPS) is 12.1. The number of hydrogen-bond donors (Lipinski definition) is 2. The molecule has 0 heterocycles. The Morgan fingerprint density at radius 3 is 2.69 bits per heavy atom. The van der Waals surface area contributed by atoms with Crippen LogP contribution in [0.4, 0.5) is 0 Å². The maximum Gasteiger partial charge on any atom is 0.248 e. The number of hydrogen-bond acceptors (Lipinski definition) is 2. The summed E-state index contributed by atoms with van der Waals surface area (Å²) in [5, 5.41) is 12.1. The third kappa shape index (κ3) is 4.45. The topological polar surface area (TPSA) is 49.3 Å². The van der Waals surface area contributed by atoms with E-state index >= 15 is 0 Å². The van der Waals surface area contributed by atoms with Gasteiger partial charge in [-0.1, -0.05) is 30.3 Å². The first kappa shape index (κ1) is 12.7. The van der Waals surface area contributed by atoms with Crippen LogP contribution in [0.5, 0.6) is 0 Å². The first-order valence-corrected chi connectivity index (χ1v) is 5.73. The lowest BCUT2D eigenvalue weighted by Crippen LogP contribution is -2.34. The van der Waals surface area contributed by atoms with Crippen molar-refractivity contribution in [2.24, 2.45) is 0 Å². The summed E-state index contributed by atoms with van der Waals surface area (Å²) in [4.78, 5) is 11.2. The fraction of sp³-hybridized carbons (Fsp3) is 0.462. The Balaban J connectivity index is 2.23. The number of rotatable bonds is 6. The van der Waals surface area contributed by atoms with Crippen molar-refractivity contribution in [1.29, 1.82) is 0 Å². The van der Waals surface area contributed by atoms with E-state index in [0.29, 0.717) is 13.0 Å². The van der Waals surface area contributed by atoms with Crippen LogP contribution in [0.2, 0.25) is 0 Å². The molecular formula is C13H19NO2. The molecule has 0 saturated heterocycles. The van der Waals surface area contributed by atoms with Crippen molar-refractivity contribution in [2.45, 2.75) is 32.3 Å². The van der Waals surface area contributed by atoms with Crippen LogP contribution in [-0.2, 0) is 11.2 Å². The molecule has 0 aliphatic carbocycles. The number of aryl methyl sites for hydroxylation is 1. The lowest BCUT2D eigenvalue weighted by molar-refractivity contribution is -0.129. The molecule has 0 spiro atoms. The van der Waals surface area contributed by atoms with Crippen LogP contribution in [-0.4, -0.2) is 23.7 Å². The van der Waals surface area contributed by atoms with E-state index in [4.69, 9.17) is 0 Å². The van der Waals surface area contributed by atoms with E-state index in [1.807, 2.05) is 25.1 Å². The Labute approximate surface area is 96.5 Å². The summed E-state index contributed by atoms with van der Waals surface area (Å²) in [6.07, 6.45) is 1.36. The lowest BCUT2D eigenvalue weighted by atomic mass is 10.1. The number of likely N-dealkylation sites (N-methyl/N-ethyl adjacent to an activating group) is 1. The molecule has 0 fully saturated rings. The SMILES string of the molecule is CCNC(=O)C(O)CCCc1ccccc1. The van der Waals surface area contributed by atoms with Crippen LogP contribution < -0.4 is 5.32 Å². The summed E-state index contributed by atoms with van der Waals surface area (Å²) in [5.74, 6) is -0.268. The van der Waals surface area contributed by atoms with E-state index < -0.39 is 6.10 Å². The molecule has 88 valence electrons. The maximum atomic E-state index is 11.2. The molecule has 1 rings (SSSR count). The molecule has 1 aromatic rings. The van der Waals surface area contributed by atoms with Gasteiger partial charge in [-0.05, 0) is 31.7 Å². The fourth-order valence-electron chi connectivity index (χ4n) is 1.57. The molecule has 0 aromatic heterocycles. The molecule has 0 aliphatic rings. The standard InChI is InChI=1S/C13H19NO2/c1-2-14-13(16)12(15)10-6-9-11-7-4-3-5-8-11/h3-5,7-8,12,15H,2,6,9-10H2,1H3,(H,14,16). The predicted octanol–water partition coefficient (Wildman–Crippen LogP) is 1.51. The molecule has 0 saturated carbocycles. The number of carbonyl (C=O) groups is 1. The lowest BCUT2D eigenvalue weighted by Gasteiger charge is -2.09. The Hall–Kier alpha value is -1.35. The predicted molar refractivity (Wildman–Crippen MR) is 64.1 cm³/mol. The van der Waals surface area contributed by atoms with Crippen molar-refractivity contribution in [2.75, 3.05) is 6.54 Å². The van der Waals surface area contributed by atoms with Crippen LogP contribution in [0.25, 0.3) is 0 Å². The van der Waals surface area contributed by atoms with Crippen LogP contribution in [0.15, 0.2) is 30.3 Å². The van der Waals surface area contributed by atoms with Gasteiger partial charge >= 0.3 is 0 Å². The van der Waals surface area contributed by atoms with Gasteiger partial charge in [0.25, 0.3) is 0 Å². The largest absolute Gasteiger partial charge is 0.383 e. The van der Waals surface area contributed by atoms with Gasteiger partial charge in [0.15, 0.2) is 0 Å². The second-order valence-corrected chi connectivity index (χ2v) is 3.79. The van der Waals surface area contributed by atoms with Gasteiger partial charge < -0.3 is 10.4 Å². The van der Waals surface area contributed by atoms with E-state index in [0.717, 1.165) is 12.8 Å². The van der Waals surface area contributed by atoms with Crippen molar-refractivity contribution in [3.8, 4) is 0 Å². The fourth-order valence-corrected chi connectivity index (χ4v) is 1.57. The van der Waals surface area contributed by atoms with Crippen LogP contribution in [0.3, 0.4) is 0 Å². The number of aliphatic hydroxyl groups excluding tert-OH is 1. The molecule has 0 aliphatic heterocycles. The van der Waals surface area contributed by atoms with Gasteiger partial charge in [0.05, 0.1) is 0 Å². The van der Waals surface area contributed by atoms with Gasteiger partial charge in [-0.2, -0.15) is 0 Å². The molecule has 2 N–H and O–H groups in total. The highest BCUT2D eigenvalue weighted by Crippen LogP contribution is 2.06. The number of carbonyl (C=O) groups excluding carboxylic acids is 1. The van der Waals surface area contributed by atoms with Crippen molar-refractivity contribution in [3.05, 3.63) is 35.9 Å². The highest BCUT2D eigenvalue weighted by atomic mass is 16.3. The van der Waals surface area contributed by atoms with Gasteiger partial charge in [-0.15, -0.1) is 0 Å². The third-order valence-electron chi connectivity index (χ3n) is 2.44. The molecule has 3 nitrogen and oxygen atoms in total. The van der Waals surface area contributed by atoms with Gasteiger partial charge in [-0.25, -0.2) is 0 Å². The first-order chi connectivity index (χ1) is 7.74. The van der Waals surface area contributed by atoms with Crippen molar-refractivity contribution >= 4 is 5.91 Å². The summed E-state index contributed by atoms with van der Waals surface area (Å²) < 4.78 is 0. The third-order valence-corrected chi connectivity index (χ3v) is 2.44. The highest BCUT2D eigenvalue weighted by molar-refractivity contribution is 5.80. The van der Waals surface area contributed by atoms with E-state index in [1.54, 1.807) is 0 Å². The van der Waals surface area contributed by atoms with E-state index in [1.165, 1.54) is 5.56 Å². The monoisotopic (exact) mass is 221 g/mol. The summed E-state index contributed by atoms with van der Waals surface area (Å²) in [7, 11) is 0. The minimum atomic E-state index is -0.872. The Morgan fingerprint density at radius 2 is 2.06 bits per heavy atom. The number of nitrogens with one attached hydrogen (secondary N) is 1. The van der Waals surface area contributed by atoms with Crippen molar-refractivity contribution in [1.82, 2.24) is 5.32 Å². The zero-order valence-electron chi connectivity index (χ0n) is 9.65. The Bertz CT molecular complexity index is 311. The summed E-state index contributed by atoms with van der Waals surface area (Å²) in [5.41, 5.74) is 1.24. The molecule has 1 aromatic carbocycles. The van der Waals surface area contributed by atoms with Crippen LogP contribution >= 0.6 is 0 Å². The second-order valence-electron chi connectivity index (χ2n) is 3.79. The minimum Gasteiger partial charge on any atom is -0.383 e. The van der Waals surface area contributed by atoms with E-state index in [2.05, 4.69) is 17.4 Å². The van der Waals surface area contributed by atoms with Gasteiger partial charge in [-0.3, -0.25) is 4.79 Å². The molecule has 1 atom stereocenters. The minimum absolute atomic E-state index is 0.268. The summed E-state index contributed by atoms with van der Waals surface area (Å²) in [6.45, 7) is 2.41. The van der Waals surface area contributed by atoms with Crippen molar-refractivity contribution in [3.63, 3.8) is 0 Å². The van der Waals surface area contributed by atoms with E-state index in [9.17, 15) is 9.90 Å². The van der Waals surface area contributed by atoms with Gasteiger partial charge in [0.1, 0.15) is 6.10 Å². The second kappa shape index (κ2) is 7.01. The molecule has 0 bridgehead atoms. The van der Waals surface area contributed by atoms with Gasteiger partial charge in [0, 0.05) is 6.54 Å². The molecule has 0 radical (unpaired) electrons. The zero-order valence-corrected chi connectivity index (χ0v) is 9.65. The molecule has 16 heavy (non-hydrogen) atoms. The average molecular weight is 221 g/mol. The smallest absolute Gasteiger partial charge is 0.248 e. The highest BCUT2D eigenvalue weighted by Gasteiger charge is 2.12. The number of benzene rings is 1. The molecular weight excluding hydrogens is 202 g/mol. The molecule has 3 heteroatoms. The quantitative estimate of drug-likeness (QED) is 0.765. The first-order valence-electron chi connectivity index (χ1n) is 5.73.